The third kappa shape index (κ3) is 1.96. The molecular weight excluding hydrogens is 268 g/mol. The first kappa shape index (κ1) is 13.0. The average molecular weight is 286 g/mol. The number of nitrogens with zero attached hydrogens (tertiary/aromatic N) is 2. The van der Waals surface area contributed by atoms with E-state index in [2.05, 4.69) is 96.3 Å². The molecule has 2 nitrogen and oxygen atoms in total. The van der Waals surface area contributed by atoms with Crippen LogP contribution in [0.4, 0.5) is 5.69 Å². The third-order valence-corrected chi connectivity index (χ3v) is 4.22. The van der Waals surface area contributed by atoms with E-state index in [4.69, 9.17) is 0 Å². The second-order valence-corrected chi connectivity index (χ2v) is 5.82. The highest BCUT2D eigenvalue weighted by molar-refractivity contribution is 5.98. The van der Waals surface area contributed by atoms with Crippen LogP contribution in [0.5, 0.6) is 0 Å². The van der Waals surface area contributed by atoms with Crippen LogP contribution >= 0.6 is 0 Å². The summed E-state index contributed by atoms with van der Waals surface area (Å²) in [6, 6.07) is 23.8. The van der Waals surface area contributed by atoms with E-state index in [1.807, 2.05) is 0 Å². The fourth-order valence-electron chi connectivity index (χ4n) is 3.04. The molecule has 2 heteroatoms. The van der Waals surface area contributed by atoms with Crippen molar-refractivity contribution in [3.8, 4) is 11.3 Å². The van der Waals surface area contributed by atoms with Gasteiger partial charge < -0.3 is 9.30 Å². The number of pyridine rings is 1. The van der Waals surface area contributed by atoms with E-state index in [0.717, 1.165) is 0 Å². The molecule has 0 atom stereocenters. The van der Waals surface area contributed by atoms with Gasteiger partial charge in [0.1, 0.15) is 0 Å². The van der Waals surface area contributed by atoms with Crippen LogP contribution in [0, 0.1) is 0 Å². The van der Waals surface area contributed by atoms with Gasteiger partial charge in [0.05, 0.1) is 11.2 Å². The van der Waals surface area contributed by atoms with Crippen molar-refractivity contribution in [1.82, 2.24) is 4.40 Å². The Bertz CT molecular complexity index is 946. The van der Waals surface area contributed by atoms with Gasteiger partial charge in [-0.2, -0.15) is 0 Å². The summed E-state index contributed by atoms with van der Waals surface area (Å²) in [7, 11) is 4.13. The lowest BCUT2D eigenvalue weighted by atomic mass is 10.1. The van der Waals surface area contributed by atoms with E-state index in [1.165, 1.54) is 33.2 Å². The quantitative estimate of drug-likeness (QED) is 0.512. The van der Waals surface area contributed by atoms with Gasteiger partial charge in [-0.05, 0) is 41.3 Å². The first-order valence-electron chi connectivity index (χ1n) is 7.50. The molecule has 22 heavy (non-hydrogen) atoms. The number of anilines is 1. The zero-order valence-corrected chi connectivity index (χ0v) is 12.8. The van der Waals surface area contributed by atoms with Crippen LogP contribution in [0.15, 0.2) is 72.9 Å². The highest BCUT2D eigenvalue weighted by atomic mass is 15.1. The Labute approximate surface area is 130 Å². The lowest BCUT2D eigenvalue weighted by Gasteiger charge is -2.14. The van der Waals surface area contributed by atoms with Crippen LogP contribution in [0.25, 0.3) is 27.5 Å². The summed E-state index contributed by atoms with van der Waals surface area (Å²) >= 11 is 0. The SMILES string of the molecule is CN(C)c1ccc(-c2cc3ccccc3c3cccn23)cc1. The van der Waals surface area contributed by atoms with Gasteiger partial charge in [-0.1, -0.05) is 36.4 Å². The Hall–Kier alpha value is -2.74. The van der Waals surface area contributed by atoms with E-state index in [-0.39, 0.29) is 0 Å². The van der Waals surface area contributed by atoms with Crippen molar-refractivity contribution >= 4 is 22.0 Å². The van der Waals surface area contributed by atoms with Crippen molar-refractivity contribution in [2.75, 3.05) is 19.0 Å². The first-order chi connectivity index (χ1) is 10.7. The minimum Gasteiger partial charge on any atom is -0.378 e. The van der Waals surface area contributed by atoms with E-state index < -0.39 is 0 Å². The van der Waals surface area contributed by atoms with E-state index >= 15 is 0 Å². The Balaban J connectivity index is 1.98. The molecule has 0 N–H and O–H groups in total. The maximum atomic E-state index is 2.27. The second kappa shape index (κ2) is 4.92. The topological polar surface area (TPSA) is 7.65 Å². The van der Waals surface area contributed by atoms with Crippen LogP contribution in [0.2, 0.25) is 0 Å². The predicted octanol–water partition coefficient (Wildman–Crippen LogP) is 4.83. The van der Waals surface area contributed by atoms with Crippen molar-refractivity contribution in [3.05, 3.63) is 72.9 Å². The number of benzene rings is 2. The normalized spacial score (nSPS) is 11.2. The van der Waals surface area contributed by atoms with Crippen molar-refractivity contribution in [3.63, 3.8) is 0 Å². The molecule has 0 saturated heterocycles. The maximum Gasteiger partial charge on any atom is 0.0534 e. The van der Waals surface area contributed by atoms with Crippen molar-refractivity contribution in [1.29, 1.82) is 0 Å². The predicted molar refractivity (Wildman–Crippen MR) is 94.7 cm³/mol. The summed E-state index contributed by atoms with van der Waals surface area (Å²) in [6.07, 6.45) is 2.14. The fraction of sp³-hybridized carbons (Fsp3) is 0.100. The van der Waals surface area contributed by atoms with E-state index in [0.29, 0.717) is 0 Å². The number of hydrogen-bond acceptors (Lipinski definition) is 1. The molecule has 0 spiro atoms. The number of aromatic nitrogens is 1. The molecule has 0 amide bonds. The molecule has 2 aromatic carbocycles. The highest BCUT2D eigenvalue weighted by Gasteiger charge is 2.08. The van der Waals surface area contributed by atoms with Crippen LogP contribution in [0.3, 0.4) is 0 Å². The van der Waals surface area contributed by atoms with E-state index in [9.17, 15) is 0 Å². The zero-order valence-electron chi connectivity index (χ0n) is 12.8. The lowest BCUT2D eigenvalue weighted by molar-refractivity contribution is 1.13. The molecule has 2 heterocycles. The highest BCUT2D eigenvalue weighted by Crippen LogP contribution is 2.29. The van der Waals surface area contributed by atoms with Crippen LogP contribution in [-0.2, 0) is 0 Å². The van der Waals surface area contributed by atoms with Gasteiger partial charge in [0.2, 0.25) is 0 Å². The first-order valence-corrected chi connectivity index (χ1v) is 7.50. The van der Waals surface area contributed by atoms with Gasteiger partial charge in [0.25, 0.3) is 0 Å². The van der Waals surface area contributed by atoms with Crippen LogP contribution in [0.1, 0.15) is 0 Å². The summed E-state index contributed by atoms with van der Waals surface area (Å²) < 4.78 is 2.27. The summed E-state index contributed by atoms with van der Waals surface area (Å²) in [6.45, 7) is 0. The Morgan fingerprint density at radius 2 is 1.59 bits per heavy atom. The second-order valence-electron chi connectivity index (χ2n) is 5.82. The molecule has 2 aromatic heterocycles. The van der Waals surface area contributed by atoms with Gasteiger partial charge in [0.15, 0.2) is 0 Å². The van der Waals surface area contributed by atoms with Gasteiger partial charge in [-0.3, -0.25) is 0 Å². The molecule has 4 rings (SSSR count). The molecule has 0 saturated carbocycles. The lowest BCUT2D eigenvalue weighted by Crippen LogP contribution is -2.08. The summed E-state index contributed by atoms with van der Waals surface area (Å²) in [5.41, 5.74) is 4.93. The Kier molecular flexibility index (Phi) is 2.90. The van der Waals surface area contributed by atoms with E-state index in [1.54, 1.807) is 0 Å². The van der Waals surface area contributed by atoms with Crippen molar-refractivity contribution in [2.24, 2.45) is 0 Å². The zero-order chi connectivity index (χ0) is 15.1. The number of fused-ring (bicyclic) bond motifs is 3. The van der Waals surface area contributed by atoms with Gasteiger partial charge >= 0.3 is 0 Å². The van der Waals surface area contributed by atoms with Gasteiger partial charge in [0, 0.05) is 31.4 Å². The minimum atomic E-state index is 1.22. The molecule has 0 unspecified atom stereocenters. The molecule has 0 bridgehead atoms. The third-order valence-electron chi connectivity index (χ3n) is 4.22. The largest absolute Gasteiger partial charge is 0.378 e. The Morgan fingerprint density at radius 1 is 0.818 bits per heavy atom. The molecule has 0 aliphatic carbocycles. The van der Waals surface area contributed by atoms with Crippen molar-refractivity contribution < 1.29 is 0 Å². The summed E-state index contributed by atoms with van der Waals surface area (Å²) in [4.78, 5) is 2.12. The van der Waals surface area contributed by atoms with Crippen molar-refractivity contribution in [2.45, 2.75) is 0 Å². The van der Waals surface area contributed by atoms with Crippen LogP contribution < -0.4 is 4.90 Å². The Morgan fingerprint density at radius 3 is 2.36 bits per heavy atom. The number of rotatable bonds is 2. The molecular formula is C20H18N2. The molecule has 0 aliphatic rings. The van der Waals surface area contributed by atoms with Crippen LogP contribution in [-0.4, -0.2) is 18.5 Å². The molecule has 108 valence electrons. The molecule has 0 fully saturated rings. The molecule has 4 aromatic rings. The fourth-order valence-corrected chi connectivity index (χ4v) is 3.04. The number of hydrogen-bond donors (Lipinski definition) is 0. The summed E-state index contributed by atoms with van der Waals surface area (Å²) in [5.74, 6) is 0. The minimum absolute atomic E-state index is 1.22. The van der Waals surface area contributed by atoms with Gasteiger partial charge in [-0.25, -0.2) is 0 Å². The molecule has 0 aliphatic heterocycles. The maximum absolute atomic E-state index is 2.27. The van der Waals surface area contributed by atoms with Gasteiger partial charge in [-0.15, -0.1) is 0 Å². The standard InChI is InChI=1S/C20H18N2/c1-21(2)17-11-9-15(10-12-17)20-14-16-6-3-4-7-18(16)19-8-5-13-22(19)20/h3-14H,1-2H3. The summed E-state index contributed by atoms with van der Waals surface area (Å²) in [5, 5.41) is 2.57. The smallest absolute Gasteiger partial charge is 0.0534 e. The molecule has 0 radical (unpaired) electrons. The monoisotopic (exact) mass is 286 g/mol. The average Bonchev–Trinajstić information content (AvgIpc) is 3.04.